The van der Waals surface area contributed by atoms with Crippen LogP contribution in [0.1, 0.15) is 43.5 Å². The van der Waals surface area contributed by atoms with E-state index in [2.05, 4.69) is 19.2 Å². The average molecular weight is 291 g/mol. The predicted octanol–water partition coefficient (Wildman–Crippen LogP) is 3.18. The number of carbonyl (C=O) groups is 1. The summed E-state index contributed by atoms with van der Waals surface area (Å²) in [6.07, 6.45) is 3.83. The van der Waals surface area contributed by atoms with Crippen LogP contribution in [0.2, 0.25) is 0 Å². The molecule has 2 N–H and O–H groups in total. The van der Waals surface area contributed by atoms with Crippen LogP contribution in [0.4, 0.5) is 0 Å². The van der Waals surface area contributed by atoms with Crippen molar-refractivity contribution in [3.8, 4) is 5.75 Å². The van der Waals surface area contributed by atoms with E-state index in [0.29, 0.717) is 18.4 Å². The van der Waals surface area contributed by atoms with E-state index in [1.807, 2.05) is 0 Å². The monoisotopic (exact) mass is 291 g/mol. The Hall–Kier alpha value is -1.55. The van der Waals surface area contributed by atoms with Crippen LogP contribution in [0.5, 0.6) is 5.75 Å². The lowest BCUT2D eigenvalue weighted by atomic mass is 9.80. The maximum Gasteiger partial charge on any atom is 0.335 e. The number of hydrogen-bond donors (Lipinski definition) is 2. The van der Waals surface area contributed by atoms with Crippen LogP contribution in [0.25, 0.3) is 0 Å². The summed E-state index contributed by atoms with van der Waals surface area (Å²) in [6, 6.07) is 7.13. The molecular formula is C17H25NO3. The van der Waals surface area contributed by atoms with E-state index in [9.17, 15) is 4.79 Å². The maximum atomic E-state index is 10.7. The molecule has 1 saturated carbocycles. The van der Waals surface area contributed by atoms with Crippen molar-refractivity contribution in [1.82, 2.24) is 5.32 Å². The lowest BCUT2D eigenvalue weighted by Crippen LogP contribution is -2.38. The first-order valence-corrected chi connectivity index (χ1v) is 7.74. The van der Waals surface area contributed by atoms with Crippen molar-refractivity contribution >= 4 is 5.97 Å². The number of rotatable bonds is 6. The molecule has 1 aliphatic rings. The van der Waals surface area contributed by atoms with Gasteiger partial charge in [0, 0.05) is 12.6 Å². The number of hydrogen-bond acceptors (Lipinski definition) is 3. The summed E-state index contributed by atoms with van der Waals surface area (Å²) in [7, 11) is 0. The quantitative estimate of drug-likeness (QED) is 0.790. The summed E-state index contributed by atoms with van der Waals surface area (Å²) in [5.41, 5.74) is 0.283. The molecule has 0 bridgehead atoms. The van der Waals surface area contributed by atoms with Crippen LogP contribution >= 0.6 is 0 Å². The Balaban J connectivity index is 1.68. The fourth-order valence-electron chi connectivity index (χ4n) is 3.24. The molecule has 116 valence electrons. The fraction of sp³-hybridized carbons (Fsp3) is 0.588. The Morgan fingerprint density at radius 1 is 1.19 bits per heavy atom. The van der Waals surface area contributed by atoms with Crippen molar-refractivity contribution in [3.63, 3.8) is 0 Å². The molecule has 0 saturated heterocycles. The number of nitrogens with one attached hydrogen (secondary N) is 1. The summed E-state index contributed by atoms with van der Waals surface area (Å²) < 4.78 is 5.63. The van der Waals surface area contributed by atoms with Gasteiger partial charge in [0.15, 0.2) is 0 Å². The van der Waals surface area contributed by atoms with E-state index in [1.54, 1.807) is 24.3 Å². The van der Waals surface area contributed by atoms with Crippen LogP contribution in [0.3, 0.4) is 0 Å². The van der Waals surface area contributed by atoms with E-state index in [1.165, 1.54) is 19.3 Å². The zero-order valence-electron chi connectivity index (χ0n) is 12.8. The smallest absolute Gasteiger partial charge is 0.335 e. The highest BCUT2D eigenvalue weighted by Crippen LogP contribution is 2.28. The second-order valence-electron chi connectivity index (χ2n) is 6.25. The number of carboxylic acid groups (broad SMARTS) is 1. The van der Waals surface area contributed by atoms with Gasteiger partial charge in [-0.15, -0.1) is 0 Å². The summed E-state index contributed by atoms with van der Waals surface area (Å²) >= 11 is 0. The van der Waals surface area contributed by atoms with Gasteiger partial charge in [-0.1, -0.05) is 13.8 Å². The van der Waals surface area contributed by atoms with Crippen molar-refractivity contribution in [3.05, 3.63) is 29.8 Å². The SMILES string of the molecule is CC1CC(C)CC(NCCOc2ccc(C(=O)O)cc2)C1. The second kappa shape index (κ2) is 7.46. The second-order valence-corrected chi connectivity index (χ2v) is 6.25. The van der Waals surface area contributed by atoms with Gasteiger partial charge in [-0.3, -0.25) is 0 Å². The number of ether oxygens (including phenoxy) is 1. The predicted molar refractivity (Wildman–Crippen MR) is 82.9 cm³/mol. The third-order valence-corrected chi connectivity index (χ3v) is 4.08. The van der Waals surface area contributed by atoms with E-state index in [-0.39, 0.29) is 5.56 Å². The highest BCUT2D eigenvalue weighted by atomic mass is 16.5. The Bertz CT molecular complexity index is 448. The fourth-order valence-corrected chi connectivity index (χ4v) is 3.24. The highest BCUT2D eigenvalue weighted by Gasteiger charge is 2.23. The van der Waals surface area contributed by atoms with Gasteiger partial charge in [0.2, 0.25) is 0 Å². The lowest BCUT2D eigenvalue weighted by Gasteiger charge is -2.32. The van der Waals surface area contributed by atoms with E-state index in [4.69, 9.17) is 9.84 Å². The molecule has 2 unspecified atom stereocenters. The van der Waals surface area contributed by atoms with Crippen LogP contribution < -0.4 is 10.1 Å². The number of aromatic carboxylic acids is 1. The van der Waals surface area contributed by atoms with Gasteiger partial charge in [0.1, 0.15) is 12.4 Å². The molecule has 1 aromatic rings. The van der Waals surface area contributed by atoms with Crippen molar-refractivity contribution in [2.75, 3.05) is 13.2 Å². The molecule has 2 rings (SSSR count). The third kappa shape index (κ3) is 5.05. The standard InChI is InChI=1S/C17H25NO3/c1-12-9-13(2)11-15(10-12)18-7-8-21-16-5-3-14(4-6-16)17(19)20/h3-6,12-13,15,18H,7-11H2,1-2H3,(H,19,20). The molecule has 0 radical (unpaired) electrons. The van der Waals surface area contributed by atoms with Crippen LogP contribution in [0.15, 0.2) is 24.3 Å². The Morgan fingerprint density at radius 3 is 2.38 bits per heavy atom. The van der Waals surface area contributed by atoms with Gasteiger partial charge in [-0.2, -0.15) is 0 Å². The minimum absolute atomic E-state index is 0.283. The molecule has 0 heterocycles. The molecule has 1 fully saturated rings. The van der Waals surface area contributed by atoms with Gasteiger partial charge in [0.25, 0.3) is 0 Å². The Labute approximate surface area is 126 Å². The summed E-state index contributed by atoms with van der Waals surface area (Å²) in [5.74, 6) is 1.40. The molecule has 1 aliphatic carbocycles. The Kier molecular flexibility index (Phi) is 5.62. The summed E-state index contributed by atoms with van der Waals surface area (Å²) in [4.78, 5) is 10.7. The molecule has 0 aromatic heterocycles. The van der Waals surface area contributed by atoms with Gasteiger partial charge in [-0.25, -0.2) is 4.79 Å². The molecule has 1 aromatic carbocycles. The minimum atomic E-state index is -0.913. The van der Waals surface area contributed by atoms with Crippen molar-refractivity contribution < 1.29 is 14.6 Å². The zero-order chi connectivity index (χ0) is 15.2. The van der Waals surface area contributed by atoms with Crippen molar-refractivity contribution in [2.24, 2.45) is 11.8 Å². The first kappa shape index (κ1) is 15.8. The first-order valence-electron chi connectivity index (χ1n) is 7.74. The molecule has 4 nitrogen and oxygen atoms in total. The van der Waals surface area contributed by atoms with Crippen LogP contribution in [0, 0.1) is 11.8 Å². The molecular weight excluding hydrogens is 266 g/mol. The largest absolute Gasteiger partial charge is 0.492 e. The highest BCUT2D eigenvalue weighted by molar-refractivity contribution is 5.87. The number of carboxylic acids is 1. The summed E-state index contributed by atoms with van der Waals surface area (Å²) in [5, 5.41) is 12.4. The van der Waals surface area contributed by atoms with Gasteiger partial charge < -0.3 is 15.2 Å². The van der Waals surface area contributed by atoms with Gasteiger partial charge in [-0.05, 0) is 55.4 Å². The average Bonchev–Trinajstić information content (AvgIpc) is 2.43. The molecule has 4 heteroatoms. The zero-order valence-corrected chi connectivity index (χ0v) is 12.8. The number of benzene rings is 1. The van der Waals surface area contributed by atoms with Crippen molar-refractivity contribution in [1.29, 1.82) is 0 Å². The molecule has 0 spiro atoms. The molecule has 0 amide bonds. The molecule has 2 atom stereocenters. The topological polar surface area (TPSA) is 58.6 Å². The lowest BCUT2D eigenvalue weighted by molar-refractivity contribution is 0.0697. The maximum absolute atomic E-state index is 10.7. The first-order chi connectivity index (χ1) is 10.0. The molecule has 0 aliphatic heterocycles. The van der Waals surface area contributed by atoms with E-state index in [0.717, 1.165) is 18.4 Å². The van der Waals surface area contributed by atoms with E-state index >= 15 is 0 Å². The van der Waals surface area contributed by atoms with Crippen LogP contribution in [-0.2, 0) is 0 Å². The normalized spacial score (nSPS) is 25.5. The summed E-state index contributed by atoms with van der Waals surface area (Å²) in [6.45, 7) is 6.08. The minimum Gasteiger partial charge on any atom is -0.492 e. The Morgan fingerprint density at radius 2 is 1.81 bits per heavy atom. The van der Waals surface area contributed by atoms with Crippen LogP contribution in [-0.4, -0.2) is 30.3 Å². The van der Waals surface area contributed by atoms with Crippen molar-refractivity contribution in [2.45, 2.75) is 39.2 Å². The van der Waals surface area contributed by atoms with E-state index < -0.39 is 5.97 Å². The van der Waals surface area contributed by atoms with Gasteiger partial charge in [0.05, 0.1) is 5.56 Å². The third-order valence-electron chi connectivity index (χ3n) is 4.08. The van der Waals surface area contributed by atoms with Gasteiger partial charge >= 0.3 is 5.97 Å². The molecule has 21 heavy (non-hydrogen) atoms.